The van der Waals surface area contributed by atoms with Gasteiger partial charge in [-0.05, 0) is 19.9 Å². The van der Waals surface area contributed by atoms with E-state index < -0.39 is 6.36 Å². The molecule has 26 heavy (non-hydrogen) atoms. The molecule has 1 unspecified atom stereocenters. The molecule has 142 valence electrons. The molecule has 1 aliphatic rings. The van der Waals surface area contributed by atoms with Crippen molar-refractivity contribution in [3.8, 4) is 5.75 Å². The van der Waals surface area contributed by atoms with Crippen LogP contribution in [0.1, 0.15) is 30.2 Å². The molecule has 0 N–H and O–H groups in total. The Morgan fingerprint density at radius 2 is 1.88 bits per heavy atom. The van der Waals surface area contributed by atoms with Gasteiger partial charge in [0, 0.05) is 38.3 Å². The van der Waals surface area contributed by atoms with E-state index in [0.717, 1.165) is 26.2 Å². The second-order valence-electron chi connectivity index (χ2n) is 6.32. The number of piperazine rings is 1. The molecule has 9 heteroatoms. The van der Waals surface area contributed by atoms with Crippen molar-refractivity contribution in [2.75, 3.05) is 26.2 Å². The van der Waals surface area contributed by atoms with Crippen molar-refractivity contribution in [2.45, 2.75) is 32.8 Å². The Hall–Kier alpha value is -2.13. The Balaban J connectivity index is 1.58. The minimum Gasteiger partial charge on any atom is -0.405 e. The largest absolute Gasteiger partial charge is 0.573 e. The van der Waals surface area contributed by atoms with E-state index in [1.807, 2.05) is 6.92 Å². The second kappa shape index (κ2) is 7.63. The number of aryl methyl sites for hydroxylation is 1. The van der Waals surface area contributed by atoms with Crippen LogP contribution in [0.2, 0.25) is 0 Å². The topological polar surface area (TPSA) is 54.6 Å². The summed E-state index contributed by atoms with van der Waals surface area (Å²) in [5.41, 5.74) is 0.527. The van der Waals surface area contributed by atoms with Crippen LogP contribution in [0.4, 0.5) is 13.2 Å². The molecule has 1 aromatic carbocycles. The van der Waals surface area contributed by atoms with Crippen molar-refractivity contribution in [1.82, 2.24) is 19.9 Å². The minimum atomic E-state index is -4.69. The number of ether oxygens (including phenoxy) is 1. The second-order valence-corrected chi connectivity index (χ2v) is 6.32. The number of benzene rings is 1. The van der Waals surface area contributed by atoms with Gasteiger partial charge < -0.3 is 9.26 Å². The number of nitrogens with zero attached hydrogens (tertiary/aromatic N) is 4. The average molecular weight is 370 g/mol. The number of rotatable bonds is 5. The Morgan fingerprint density at radius 3 is 2.50 bits per heavy atom. The predicted octanol–water partition coefficient (Wildman–Crippen LogP) is 3.16. The molecular weight excluding hydrogens is 349 g/mol. The number of hydrogen-bond donors (Lipinski definition) is 0. The summed E-state index contributed by atoms with van der Waals surface area (Å²) >= 11 is 0. The maximum atomic E-state index is 12.5. The predicted molar refractivity (Wildman–Crippen MR) is 87.4 cm³/mol. The van der Waals surface area contributed by atoms with E-state index in [2.05, 4.69) is 24.7 Å². The molecule has 2 aromatic rings. The maximum Gasteiger partial charge on any atom is 0.573 e. The van der Waals surface area contributed by atoms with Gasteiger partial charge in [-0.3, -0.25) is 9.80 Å². The van der Waals surface area contributed by atoms with Crippen LogP contribution < -0.4 is 4.74 Å². The van der Waals surface area contributed by atoms with E-state index in [1.165, 1.54) is 12.1 Å². The van der Waals surface area contributed by atoms with Crippen LogP contribution >= 0.6 is 0 Å². The van der Waals surface area contributed by atoms with Crippen molar-refractivity contribution < 1.29 is 22.4 Å². The monoisotopic (exact) mass is 370 g/mol. The lowest BCUT2D eigenvalue weighted by molar-refractivity contribution is -0.275. The van der Waals surface area contributed by atoms with Crippen molar-refractivity contribution in [3.05, 3.63) is 41.5 Å². The average Bonchev–Trinajstić information content (AvgIpc) is 3.02. The first kappa shape index (κ1) is 18.7. The Kier molecular flexibility index (Phi) is 5.47. The molecule has 3 rings (SSSR count). The molecule has 0 bridgehead atoms. The standard InChI is InChI=1S/C17H21F3N4O2/c1-12(16-21-13(2)22-26-16)24-9-7-23(8-10-24)11-14-5-3-4-6-15(14)25-17(18,19)20/h3-6,12H,7-11H2,1-2H3. The first-order valence-corrected chi connectivity index (χ1v) is 8.42. The molecule has 0 amide bonds. The summed E-state index contributed by atoms with van der Waals surface area (Å²) in [6.07, 6.45) is -4.69. The SMILES string of the molecule is Cc1noc(C(C)N2CCN(Cc3ccccc3OC(F)(F)F)CC2)n1. The molecule has 0 radical (unpaired) electrons. The summed E-state index contributed by atoms with van der Waals surface area (Å²) in [5, 5.41) is 3.81. The first-order valence-electron chi connectivity index (χ1n) is 8.42. The quantitative estimate of drug-likeness (QED) is 0.806. The van der Waals surface area contributed by atoms with E-state index in [-0.39, 0.29) is 11.8 Å². The fraction of sp³-hybridized carbons (Fsp3) is 0.529. The van der Waals surface area contributed by atoms with Gasteiger partial charge in [-0.25, -0.2) is 0 Å². The van der Waals surface area contributed by atoms with Crippen molar-refractivity contribution in [3.63, 3.8) is 0 Å². The molecule has 0 spiro atoms. The Morgan fingerprint density at radius 1 is 1.19 bits per heavy atom. The molecule has 1 aromatic heterocycles. The van der Waals surface area contributed by atoms with Gasteiger partial charge in [0.15, 0.2) is 5.82 Å². The van der Waals surface area contributed by atoms with Gasteiger partial charge in [0.1, 0.15) is 5.75 Å². The number of aromatic nitrogens is 2. The van der Waals surface area contributed by atoms with Gasteiger partial charge in [0.25, 0.3) is 0 Å². The van der Waals surface area contributed by atoms with Gasteiger partial charge in [0.2, 0.25) is 5.89 Å². The Labute approximate surface area is 149 Å². The van der Waals surface area contributed by atoms with Crippen LogP contribution in [-0.4, -0.2) is 52.5 Å². The molecule has 1 saturated heterocycles. The normalized spacial score (nSPS) is 18.0. The smallest absolute Gasteiger partial charge is 0.405 e. The molecule has 1 fully saturated rings. The zero-order chi connectivity index (χ0) is 18.7. The van der Waals surface area contributed by atoms with Gasteiger partial charge in [-0.1, -0.05) is 23.4 Å². The van der Waals surface area contributed by atoms with Gasteiger partial charge >= 0.3 is 6.36 Å². The van der Waals surface area contributed by atoms with E-state index in [1.54, 1.807) is 19.1 Å². The third-order valence-corrected chi connectivity index (χ3v) is 4.45. The fourth-order valence-electron chi connectivity index (χ4n) is 3.05. The summed E-state index contributed by atoms with van der Waals surface area (Å²) in [4.78, 5) is 8.60. The van der Waals surface area contributed by atoms with Crippen LogP contribution in [0.25, 0.3) is 0 Å². The van der Waals surface area contributed by atoms with Gasteiger partial charge in [-0.2, -0.15) is 4.98 Å². The molecule has 1 aliphatic heterocycles. The van der Waals surface area contributed by atoms with E-state index in [9.17, 15) is 13.2 Å². The van der Waals surface area contributed by atoms with Crippen LogP contribution in [0.3, 0.4) is 0 Å². The van der Waals surface area contributed by atoms with E-state index >= 15 is 0 Å². The summed E-state index contributed by atoms with van der Waals surface area (Å²) in [7, 11) is 0. The third kappa shape index (κ3) is 4.73. The van der Waals surface area contributed by atoms with Crippen molar-refractivity contribution in [1.29, 1.82) is 0 Å². The van der Waals surface area contributed by atoms with Crippen molar-refractivity contribution >= 4 is 0 Å². The summed E-state index contributed by atoms with van der Waals surface area (Å²) in [5.74, 6) is 1.05. The molecule has 6 nitrogen and oxygen atoms in total. The number of hydrogen-bond acceptors (Lipinski definition) is 6. The van der Waals surface area contributed by atoms with Crippen LogP contribution in [-0.2, 0) is 6.54 Å². The number of alkyl halides is 3. The summed E-state index contributed by atoms with van der Waals surface area (Å²) in [6, 6.07) is 6.28. The first-order chi connectivity index (χ1) is 12.3. The lowest BCUT2D eigenvalue weighted by Crippen LogP contribution is -2.46. The molecular formula is C17H21F3N4O2. The number of halogens is 3. The highest BCUT2D eigenvalue weighted by Gasteiger charge is 2.32. The van der Waals surface area contributed by atoms with Crippen LogP contribution in [0, 0.1) is 6.92 Å². The highest BCUT2D eigenvalue weighted by atomic mass is 19.4. The minimum absolute atomic E-state index is 0.0131. The zero-order valence-corrected chi connectivity index (χ0v) is 14.7. The highest BCUT2D eigenvalue weighted by Crippen LogP contribution is 2.28. The Bertz CT molecular complexity index is 727. The lowest BCUT2D eigenvalue weighted by atomic mass is 10.1. The fourth-order valence-corrected chi connectivity index (χ4v) is 3.05. The summed E-state index contributed by atoms with van der Waals surface area (Å²) in [6.45, 7) is 7.20. The van der Waals surface area contributed by atoms with E-state index in [0.29, 0.717) is 23.8 Å². The number of para-hydroxylation sites is 1. The molecule has 1 atom stereocenters. The summed E-state index contributed by atoms with van der Waals surface area (Å²) < 4.78 is 47.0. The molecule has 2 heterocycles. The third-order valence-electron chi connectivity index (χ3n) is 4.45. The maximum absolute atomic E-state index is 12.5. The van der Waals surface area contributed by atoms with Crippen LogP contribution in [0.15, 0.2) is 28.8 Å². The molecule has 0 saturated carbocycles. The van der Waals surface area contributed by atoms with Gasteiger partial charge in [0.05, 0.1) is 6.04 Å². The molecule has 0 aliphatic carbocycles. The zero-order valence-electron chi connectivity index (χ0n) is 14.7. The van der Waals surface area contributed by atoms with Crippen molar-refractivity contribution in [2.24, 2.45) is 0 Å². The lowest BCUT2D eigenvalue weighted by Gasteiger charge is -2.37. The van der Waals surface area contributed by atoms with E-state index in [4.69, 9.17) is 4.52 Å². The highest BCUT2D eigenvalue weighted by molar-refractivity contribution is 5.33. The van der Waals surface area contributed by atoms with Gasteiger partial charge in [-0.15, -0.1) is 13.2 Å². The van der Waals surface area contributed by atoms with Crippen LogP contribution in [0.5, 0.6) is 5.75 Å².